The molecule has 2 aromatic heterocycles. The van der Waals surface area contributed by atoms with Crippen LogP contribution in [-0.2, 0) is 22.7 Å². The van der Waals surface area contributed by atoms with Gasteiger partial charge in [0.1, 0.15) is 0 Å². The van der Waals surface area contributed by atoms with Crippen LogP contribution in [-0.4, -0.2) is 38.0 Å². The second kappa shape index (κ2) is 7.53. The van der Waals surface area contributed by atoms with Gasteiger partial charge in [-0.05, 0) is 32.9 Å². The molecule has 0 radical (unpaired) electrons. The first-order valence-corrected chi connectivity index (χ1v) is 7.58. The van der Waals surface area contributed by atoms with Crippen LogP contribution in [0.4, 0.5) is 5.69 Å². The van der Waals surface area contributed by atoms with Crippen LogP contribution >= 0.6 is 0 Å². The molecular weight excluding hydrogens is 294 g/mol. The lowest BCUT2D eigenvalue weighted by molar-refractivity contribution is -0.143. The van der Waals surface area contributed by atoms with E-state index in [-0.39, 0.29) is 0 Å². The van der Waals surface area contributed by atoms with E-state index in [4.69, 9.17) is 0 Å². The maximum atomic E-state index is 12.3. The number of likely N-dealkylation sites (N-methyl/N-ethyl adjacent to an activating group) is 1. The Morgan fingerprint density at radius 1 is 1.35 bits per heavy atom. The highest BCUT2D eigenvalue weighted by molar-refractivity contribution is 6.39. The Bertz CT molecular complexity index is 681. The number of anilines is 1. The Morgan fingerprint density at radius 2 is 2.13 bits per heavy atom. The van der Waals surface area contributed by atoms with E-state index in [2.05, 4.69) is 15.4 Å². The lowest BCUT2D eigenvalue weighted by atomic mass is 10.2. The van der Waals surface area contributed by atoms with Gasteiger partial charge in [0.2, 0.25) is 0 Å². The summed E-state index contributed by atoms with van der Waals surface area (Å²) in [6.07, 6.45) is 5.01. The van der Waals surface area contributed by atoms with E-state index in [0.717, 1.165) is 17.8 Å². The van der Waals surface area contributed by atoms with Crippen molar-refractivity contribution in [1.29, 1.82) is 0 Å². The maximum Gasteiger partial charge on any atom is 0.313 e. The largest absolute Gasteiger partial charge is 0.330 e. The number of carbonyl (C=O) groups excluding carboxylic acids is 2. The average Bonchev–Trinajstić information content (AvgIpc) is 2.92. The number of nitrogens with one attached hydrogen (secondary N) is 1. The van der Waals surface area contributed by atoms with Crippen molar-refractivity contribution >= 4 is 17.5 Å². The first kappa shape index (κ1) is 16.7. The minimum absolute atomic E-state index is 0.363. The zero-order valence-corrected chi connectivity index (χ0v) is 13.6. The van der Waals surface area contributed by atoms with E-state index in [9.17, 15) is 9.59 Å². The molecule has 0 aliphatic rings. The average molecular weight is 315 g/mol. The predicted octanol–water partition coefficient (Wildman–Crippen LogP) is 1.59. The highest BCUT2D eigenvalue weighted by Gasteiger charge is 2.22. The van der Waals surface area contributed by atoms with Gasteiger partial charge in [-0.25, -0.2) is 0 Å². The van der Waals surface area contributed by atoms with E-state index in [1.807, 2.05) is 31.6 Å². The van der Waals surface area contributed by atoms with Gasteiger partial charge < -0.3 is 10.2 Å². The molecule has 0 saturated heterocycles. The normalized spacial score (nSPS) is 10.4. The smallest absolute Gasteiger partial charge is 0.313 e. The van der Waals surface area contributed by atoms with Gasteiger partial charge in [0.25, 0.3) is 0 Å². The molecule has 7 heteroatoms. The fourth-order valence-electron chi connectivity index (χ4n) is 2.17. The number of hydrogen-bond donors (Lipinski definition) is 1. The third kappa shape index (κ3) is 4.15. The summed E-state index contributed by atoms with van der Waals surface area (Å²) in [5, 5.41) is 6.92. The number of nitrogens with zero attached hydrogens (tertiary/aromatic N) is 4. The highest BCUT2D eigenvalue weighted by atomic mass is 16.2. The van der Waals surface area contributed by atoms with E-state index in [0.29, 0.717) is 18.8 Å². The molecule has 7 nitrogen and oxygen atoms in total. The SMILES string of the molecule is CCN(Cc1cn(CC)nc1C)C(=O)C(=O)Nc1cccnc1. The molecule has 0 bridgehead atoms. The number of amides is 2. The summed E-state index contributed by atoms with van der Waals surface area (Å²) in [4.78, 5) is 29.8. The second-order valence-electron chi connectivity index (χ2n) is 5.11. The van der Waals surface area contributed by atoms with Gasteiger partial charge in [-0.1, -0.05) is 0 Å². The number of hydrogen-bond acceptors (Lipinski definition) is 4. The molecule has 2 amide bonds. The van der Waals surface area contributed by atoms with Crippen LogP contribution < -0.4 is 5.32 Å². The molecule has 0 unspecified atom stereocenters. The van der Waals surface area contributed by atoms with Crippen LogP contribution in [0.2, 0.25) is 0 Å². The minimum atomic E-state index is -0.666. The van der Waals surface area contributed by atoms with E-state index in [1.165, 1.54) is 11.1 Å². The number of pyridine rings is 1. The fourth-order valence-corrected chi connectivity index (χ4v) is 2.17. The zero-order valence-electron chi connectivity index (χ0n) is 13.6. The van der Waals surface area contributed by atoms with Crippen LogP contribution in [0.25, 0.3) is 0 Å². The van der Waals surface area contributed by atoms with E-state index in [1.54, 1.807) is 18.3 Å². The first-order valence-electron chi connectivity index (χ1n) is 7.58. The van der Waals surface area contributed by atoms with Crippen molar-refractivity contribution in [3.8, 4) is 0 Å². The molecule has 0 atom stereocenters. The number of rotatable bonds is 5. The molecule has 1 N–H and O–H groups in total. The Morgan fingerprint density at radius 3 is 2.70 bits per heavy atom. The summed E-state index contributed by atoms with van der Waals surface area (Å²) in [6, 6.07) is 3.38. The van der Waals surface area contributed by atoms with Crippen LogP contribution in [0.15, 0.2) is 30.7 Å². The molecule has 0 fully saturated rings. The Balaban J connectivity index is 2.05. The standard InChI is InChI=1S/C16H21N5O2/c1-4-20(10-13-11-21(5-2)19-12(13)3)16(23)15(22)18-14-7-6-8-17-9-14/h6-9,11H,4-5,10H2,1-3H3,(H,18,22). The quantitative estimate of drug-likeness (QED) is 0.850. The van der Waals surface area contributed by atoms with Crippen molar-refractivity contribution in [2.45, 2.75) is 33.9 Å². The summed E-state index contributed by atoms with van der Waals surface area (Å²) in [6.45, 7) is 7.31. The van der Waals surface area contributed by atoms with Crippen molar-refractivity contribution in [3.05, 3.63) is 42.0 Å². The van der Waals surface area contributed by atoms with Gasteiger partial charge in [0.15, 0.2) is 0 Å². The van der Waals surface area contributed by atoms with Gasteiger partial charge in [-0.3, -0.25) is 19.3 Å². The molecule has 0 aromatic carbocycles. The van der Waals surface area contributed by atoms with E-state index < -0.39 is 11.8 Å². The summed E-state index contributed by atoms with van der Waals surface area (Å²) in [7, 11) is 0. The van der Waals surface area contributed by atoms with Gasteiger partial charge >= 0.3 is 11.8 Å². The van der Waals surface area contributed by atoms with Crippen LogP contribution in [0.1, 0.15) is 25.1 Å². The monoisotopic (exact) mass is 315 g/mol. The lowest BCUT2D eigenvalue weighted by Crippen LogP contribution is -2.39. The zero-order chi connectivity index (χ0) is 16.8. The number of carbonyl (C=O) groups is 2. The third-order valence-electron chi connectivity index (χ3n) is 3.52. The molecule has 2 aromatic rings. The molecule has 2 rings (SSSR count). The Kier molecular flexibility index (Phi) is 5.46. The highest BCUT2D eigenvalue weighted by Crippen LogP contribution is 2.11. The molecule has 0 aliphatic heterocycles. The van der Waals surface area contributed by atoms with Crippen molar-refractivity contribution in [1.82, 2.24) is 19.7 Å². The van der Waals surface area contributed by atoms with Crippen LogP contribution in [0.5, 0.6) is 0 Å². The summed E-state index contributed by atoms with van der Waals surface area (Å²) in [5.41, 5.74) is 2.30. The predicted molar refractivity (Wildman–Crippen MR) is 86.6 cm³/mol. The topological polar surface area (TPSA) is 80.1 Å². The van der Waals surface area contributed by atoms with Crippen molar-refractivity contribution in [2.75, 3.05) is 11.9 Å². The van der Waals surface area contributed by atoms with Crippen LogP contribution in [0.3, 0.4) is 0 Å². The molecule has 0 aliphatic carbocycles. The van der Waals surface area contributed by atoms with Gasteiger partial charge in [0.05, 0.1) is 17.6 Å². The third-order valence-corrected chi connectivity index (χ3v) is 3.52. The van der Waals surface area contributed by atoms with E-state index >= 15 is 0 Å². The Hall–Kier alpha value is -2.70. The maximum absolute atomic E-state index is 12.3. The molecule has 2 heterocycles. The number of aromatic nitrogens is 3. The molecule has 122 valence electrons. The molecule has 23 heavy (non-hydrogen) atoms. The summed E-state index contributed by atoms with van der Waals surface area (Å²) >= 11 is 0. The fraction of sp³-hybridized carbons (Fsp3) is 0.375. The van der Waals surface area contributed by atoms with Crippen LogP contribution in [0, 0.1) is 6.92 Å². The van der Waals surface area contributed by atoms with Crippen molar-refractivity contribution in [2.24, 2.45) is 0 Å². The Labute approximate surface area is 135 Å². The minimum Gasteiger partial charge on any atom is -0.330 e. The molecular formula is C16H21N5O2. The number of aryl methyl sites for hydroxylation is 2. The summed E-state index contributed by atoms with van der Waals surface area (Å²) in [5.74, 6) is -1.24. The van der Waals surface area contributed by atoms with Crippen molar-refractivity contribution in [3.63, 3.8) is 0 Å². The summed E-state index contributed by atoms with van der Waals surface area (Å²) < 4.78 is 1.82. The van der Waals surface area contributed by atoms with Crippen molar-refractivity contribution < 1.29 is 9.59 Å². The first-order chi connectivity index (χ1) is 11.0. The lowest BCUT2D eigenvalue weighted by Gasteiger charge is -2.19. The van der Waals surface area contributed by atoms with Gasteiger partial charge in [0, 0.05) is 37.6 Å². The van der Waals surface area contributed by atoms with Gasteiger partial charge in [-0.2, -0.15) is 5.10 Å². The second-order valence-corrected chi connectivity index (χ2v) is 5.11. The van der Waals surface area contributed by atoms with Gasteiger partial charge in [-0.15, -0.1) is 0 Å². The molecule has 0 saturated carbocycles. The molecule has 0 spiro atoms.